The van der Waals surface area contributed by atoms with E-state index in [-0.39, 0.29) is 34.2 Å². The molecule has 1 saturated carbocycles. The van der Waals surface area contributed by atoms with E-state index in [0.29, 0.717) is 19.4 Å². The third-order valence-electron chi connectivity index (χ3n) is 4.92. The SMILES string of the molecule is CN(C)S(=O)(=O)c1ccc(S(=O)(=O)N2CCC[C@H](C(=O)NC3CC3)C2)cc1. The Bertz CT molecular complexity index is 906. The molecule has 0 spiro atoms. The van der Waals surface area contributed by atoms with Gasteiger partial charge in [0.15, 0.2) is 0 Å². The van der Waals surface area contributed by atoms with Gasteiger partial charge in [-0.15, -0.1) is 0 Å². The van der Waals surface area contributed by atoms with Crippen molar-refractivity contribution in [3.63, 3.8) is 0 Å². The van der Waals surface area contributed by atoms with Crippen molar-refractivity contribution < 1.29 is 21.6 Å². The van der Waals surface area contributed by atoms with Crippen molar-refractivity contribution in [3.05, 3.63) is 24.3 Å². The van der Waals surface area contributed by atoms with E-state index in [0.717, 1.165) is 17.1 Å². The Hall–Kier alpha value is -1.49. The molecule has 1 aromatic carbocycles. The first-order valence-electron chi connectivity index (χ1n) is 8.95. The van der Waals surface area contributed by atoms with Gasteiger partial charge in [-0.25, -0.2) is 21.1 Å². The number of rotatable bonds is 6. The van der Waals surface area contributed by atoms with Gasteiger partial charge in [-0.1, -0.05) is 0 Å². The Morgan fingerprint density at radius 1 is 1.04 bits per heavy atom. The zero-order chi connectivity index (χ0) is 19.8. The van der Waals surface area contributed by atoms with Gasteiger partial charge >= 0.3 is 0 Å². The summed E-state index contributed by atoms with van der Waals surface area (Å²) in [5.41, 5.74) is 0. The highest BCUT2D eigenvalue weighted by Gasteiger charge is 2.35. The van der Waals surface area contributed by atoms with Crippen molar-refractivity contribution in [1.29, 1.82) is 0 Å². The van der Waals surface area contributed by atoms with Gasteiger partial charge in [0.25, 0.3) is 0 Å². The normalized spacial score (nSPS) is 22.0. The number of amides is 1. The molecule has 1 atom stereocenters. The number of hydrogen-bond donors (Lipinski definition) is 1. The zero-order valence-electron chi connectivity index (χ0n) is 15.5. The molecule has 1 amide bonds. The molecule has 1 aliphatic carbocycles. The number of carbonyl (C=O) groups excluding carboxylic acids is 1. The molecule has 2 aliphatic rings. The maximum Gasteiger partial charge on any atom is 0.243 e. The van der Waals surface area contributed by atoms with Crippen LogP contribution in [0.2, 0.25) is 0 Å². The summed E-state index contributed by atoms with van der Waals surface area (Å²) >= 11 is 0. The largest absolute Gasteiger partial charge is 0.353 e. The predicted molar refractivity (Wildman–Crippen MR) is 100.0 cm³/mol. The Balaban J connectivity index is 1.76. The smallest absolute Gasteiger partial charge is 0.243 e. The lowest BCUT2D eigenvalue weighted by atomic mass is 9.99. The maximum atomic E-state index is 12.9. The zero-order valence-corrected chi connectivity index (χ0v) is 17.1. The van der Waals surface area contributed by atoms with Crippen LogP contribution in [0.25, 0.3) is 0 Å². The third-order valence-corrected chi connectivity index (χ3v) is 8.63. The summed E-state index contributed by atoms with van der Waals surface area (Å²) in [5, 5.41) is 2.94. The lowest BCUT2D eigenvalue weighted by molar-refractivity contribution is -0.126. The predicted octanol–water partition coefficient (Wildman–Crippen LogP) is 0.616. The van der Waals surface area contributed by atoms with Gasteiger partial charge in [0.05, 0.1) is 15.7 Å². The number of sulfonamides is 2. The third kappa shape index (κ3) is 4.34. The van der Waals surface area contributed by atoms with E-state index in [2.05, 4.69) is 5.32 Å². The molecule has 27 heavy (non-hydrogen) atoms. The van der Waals surface area contributed by atoms with Crippen molar-refractivity contribution in [2.24, 2.45) is 5.92 Å². The van der Waals surface area contributed by atoms with Crippen molar-refractivity contribution >= 4 is 26.0 Å². The molecule has 1 heterocycles. The minimum Gasteiger partial charge on any atom is -0.353 e. The van der Waals surface area contributed by atoms with Gasteiger partial charge in [0.2, 0.25) is 26.0 Å². The van der Waals surface area contributed by atoms with Crippen LogP contribution in [-0.2, 0) is 24.8 Å². The molecule has 0 bridgehead atoms. The fraction of sp³-hybridized carbons (Fsp3) is 0.588. The molecule has 0 unspecified atom stereocenters. The summed E-state index contributed by atoms with van der Waals surface area (Å²) in [6, 6.07) is 5.45. The monoisotopic (exact) mass is 415 g/mol. The summed E-state index contributed by atoms with van der Waals surface area (Å²) < 4.78 is 52.5. The van der Waals surface area contributed by atoms with Crippen LogP contribution >= 0.6 is 0 Å². The average Bonchev–Trinajstić information content (AvgIpc) is 3.45. The van der Waals surface area contributed by atoms with Crippen LogP contribution < -0.4 is 5.32 Å². The first-order valence-corrected chi connectivity index (χ1v) is 11.8. The van der Waals surface area contributed by atoms with Crippen LogP contribution in [0.15, 0.2) is 34.1 Å². The summed E-state index contributed by atoms with van der Waals surface area (Å²) in [6.45, 7) is 0.506. The highest BCUT2D eigenvalue weighted by atomic mass is 32.2. The fourth-order valence-electron chi connectivity index (χ4n) is 3.06. The molecule has 8 nitrogen and oxygen atoms in total. The summed E-state index contributed by atoms with van der Waals surface area (Å²) in [7, 11) is -4.56. The molecular weight excluding hydrogens is 390 g/mol. The molecule has 1 aromatic rings. The van der Waals surface area contributed by atoms with E-state index < -0.39 is 20.0 Å². The molecule has 3 rings (SSSR count). The number of benzene rings is 1. The van der Waals surface area contributed by atoms with Crippen LogP contribution in [0.1, 0.15) is 25.7 Å². The number of nitrogens with one attached hydrogen (secondary N) is 1. The number of carbonyl (C=O) groups is 1. The highest BCUT2D eigenvalue weighted by molar-refractivity contribution is 7.89. The van der Waals surface area contributed by atoms with Crippen LogP contribution in [-0.4, -0.2) is 64.6 Å². The van der Waals surface area contributed by atoms with Crippen molar-refractivity contribution in [1.82, 2.24) is 13.9 Å². The molecule has 150 valence electrons. The van der Waals surface area contributed by atoms with E-state index in [4.69, 9.17) is 0 Å². The second-order valence-electron chi connectivity index (χ2n) is 7.24. The van der Waals surface area contributed by atoms with E-state index in [1.54, 1.807) is 0 Å². The van der Waals surface area contributed by atoms with Crippen LogP contribution in [0, 0.1) is 5.92 Å². The summed E-state index contributed by atoms with van der Waals surface area (Å²) in [5.74, 6) is -0.424. The Kier molecular flexibility index (Phi) is 5.62. The topological polar surface area (TPSA) is 104 Å². The van der Waals surface area contributed by atoms with Gasteiger partial charge in [0, 0.05) is 33.2 Å². The molecular formula is C17H25N3O5S2. The standard InChI is InChI=1S/C17H25N3O5S2/c1-19(2)26(22,23)15-7-9-16(10-8-15)27(24,25)20-11-3-4-13(12-20)17(21)18-14-5-6-14/h7-10,13-14H,3-6,11-12H2,1-2H3,(H,18,21)/t13-/m0/s1. The first-order chi connectivity index (χ1) is 12.6. The van der Waals surface area contributed by atoms with E-state index in [1.807, 2.05) is 0 Å². The molecule has 0 aromatic heterocycles. The minimum absolute atomic E-state index is 0.0310. The second kappa shape index (κ2) is 7.50. The van der Waals surface area contributed by atoms with Gasteiger partial charge in [-0.05, 0) is 49.9 Å². The summed E-state index contributed by atoms with van der Waals surface area (Å²) in [4.78, 5) is 12.3. The van der Waals surface area contributed by atoms with Crippen molar-refractivity contribution in [2.75, 3.05) is 27.2 Å². The number of piperidine rings is 1. The summed E-state index contributed by atoms with van der Waals surface area (Å²) in [6.07, 6.45) is 3.27. The molecule has 2 fully saturated rings. The van der Waals surface area contributed by atoms with Crippen molar-refractivity contribution in [2.45, 2.75) is 41.5 Å². The van der Waals surface area contributed by atoms with Crippen LogP contribution in [0.5, 0.6) is 0 Å². The molecule has 10 heteroatoms. The average molecular weight is 416 g/mol. The molecule has 1 N–H and O–H groups in total. The lowest BCUT2D eigenvalue weighted by Crippen LogP contribution is -2.45. The lowest BCUT2D eigenvalue weighted by Gasteiger charge is -2.31. The fourth-order valence-corrected chi connectivity index (χ4v) is 5.49. The Labute approximate surface area is 160 Å². The van der Waals surface area contributed by atoms with Gasteiger partial charge in [0.1, 0.15) is 0 Å². The molecule has 1 saturated heterocycles. The van der Waals surface area contributed by atoms with Crippen LogP contribution in [0.3, 0.4) is 0 Å². The quantitative estimate of drug-likeness (QED) is 0.733. The maximum absolute atomic E-state index is 12.9. The van der Waals surface area contributed by atoms with Gasteiger partial charge in [-0.3, -0.25) is 4.79 Å². The van der Waals surface area contributed by atoms with Crippen molar-refractivity contribution in [3.8, 4) is 0 Å². The van der Waals surface area contributed by atoms with E-state index in [1.165, 1.54) is 42.7 Å². The Morgan fingerprint density at radius 3 is 2.19 bits per heavy atom. The van der Waals surface area contributed by atoms with Gasteiger partial charge < -0.3 is 5.32 Å². The first kappa shape index (κ1) is 20.2. The Morgan fingerprint density at radius 2 is 1.63 bits per heavy atom. The van der Waals surface area contributed by atoms with E-state index >= 15 is 0 Å². The second-order valence-corrected chi connectivity index (χ2v) is 11.3. The molecule has 0 radical (unpaired) electrons. The van der Waals surface area contributed by atoms with Crippen LogP contribution in [0.4, 0.5) is 0 Å². The number of hydrogen-bond acceptors (Lipinski definition) is 5. The minimum atomic E-state index is -3.78. The van der Waals surface area contributed by atoms with Gasteiger partial charge in [-0.2, -0.15) is 4.31 Å². The number of nitrogens with zero attached hydrogens (tertiary/aromatic N) is 2. The molecule has 1 aliphatic heterocycles. The highest BCUT2D eigenvalue weighted by Crippen LogP contribution is 2.26. The van der Waals surface area contributed by atoms with E-state index in [9.17, 15) is 21.6 Å².